The van der Waals surface area contributed by atoms with Crippen LogP contribution in [0.5, 0.6) is 23.0 Å². The van der Waals surface area contributed by atoms with Gasteiger partial charge in [-0.15, -0.1) is 0 Å². The number of carbonyl (C=O) groups excluding carboxylic acids is 4. The van der Waals surface area contributed by atoms with Crippen molar-refractivity contribution in [1.29, 1.82) is 0 Å². The molecule has 9 N–H and O–H groups in total. The third-order valence-corrected chi connectivity index (χ3v) is 10.7. The van der Waals surface area contributed by atoms with Crippen LogP contribution in [-0.4, -0.2) is 66.4 Å². The molecule has 0 spiro atoms. The zero-order valence-corrected chi connectivity index (χ0v) is 40.8. The number of hydrogen-bond donors (Lipinski definition) is 7. The number of anilines is 4. The van der Waals surface area contributed by atoms with Gasteiger partial charge in [0.1, 0.15) is 34.4 Å². The number of halogens is 8. The van der Waals surface area contributed by atoms with Gasteiger partial charge in [0.15, 0.2) is 0 Å². The number of amides is 6. The van der Waals surface area contributed by atoms with E-state index in [1.165, 1.54) is 62.9 Å². The van der Waals surface area contributed by atoms with E-state index in [9.17, 15) is 53.9 Å². The first-order valence-electron chi connectivity index (χ1n) is 20.8. The summed E-state index contributed by atoms with van der Waals surface area (Å²) in [5.41, 5.74) is -1.09. The van der Waals surface area contributed by atoms with E-state index in [-0.39, 0.29) is 44.9 Å². The molecule has 5 aromatic carbocycles. The number of rotatable bonds is 11. The van der Waals surface area contributed by atoms with E-state index in [1.54, 1.807) is 78.9 Å². The molecule has 75 heavy (non-hydrogen) atoms. The molecule has 0 unspecified atom stereocenters. The number of pyridine rings is 2. The lowest BCUT2D eigenvalue weighted by atomic mass is 10.2. The Hall–Kier alpha value is -8.49. The third kappa shape index (κ3) is 18.5. The largest absolute Gasteiger partial charge is 0.457 e. The normalized spacial score (nSPS) is 10.8. The highest BCUT2D eigenvalue weighted by atomic mass is 35.5. The van der Waals surface area contributed by atoms with E-state index in [4.69, 9.17) is 37.2 Å². The minimum Gasteiger partial charge on any atom is -0.457 e. The second-order valence-electron chi connectivity index (χ2n) is 14.5. The number of ether oxygens (including phenoxy) is 2. The molecule has 394 valence electrons. The summed E-state index contributed by atoms with van der Waals surface area (Å²) < 4.78 is 118. The van der Waals surface area contributed by atoms with Crippen molar-refractivity contribution in [3.8, 4) is 23.0 Å². The monoisotopic (exact) mass is 1100 g/mol. The average molecular weight is 1110 g/mol. The highest BCUT2D eigenvalue weighted by molar-refractivity contribution is 7.85. The van der Waals surface area contributed by atoms with E-state index >= 15 is 0 Å². The Morgan fingerprint density at radius 2 is 0.853 bits per heavy atom. The molecule has 2 aromatic heterocycles. The minimum absolute atomic E-state index is 0. The fourth-order valence-corrected chi connectivity index (χ4v) is 6.71. The van der Waals surface area contributed by atoms with Crippen LogP contribution in [0.1, 0.15) is 32.1 Å². The number of aromatic nitrogens is 2. The summed E-state index contributed by atoms with van der Waals surface area (Å²) in [6.07, 6.45) is -6.42. The quantitative estimate of drug-likeness (QED) is 0.0473. The summed E-state index contributed by atoms with van der Waals surface area (Å²) in [4.78, 5) is 55.3. The van der Waals surface area contributed by atoms with Crippen LogP contribution in [0.3, 0.4) is 0 Å². The van der Waals surface area contributed by atoms with E-state index in [2.05, 4.69) is 41.9 Å². The Bertz CT molecular complexity index is 3040. The van der Waals surface area contributed by atoms with Gasteiger partial charge in [-0.05, 0) is 109 Å². The highest BCUT2D eigenvalue weighted by Gasteiger charge is 2.34. The number of carbonyl (C=O) groups is 4. The zero-order valence-electron chi connectivity index (χ0n) is 38.5. The first kappa shape index (κ1) is 59.1. The maximum Gasteiger partial charge on any atom is 0.417 e. The highest BCUT2D eigenvalue weighted by Crippen LogP contribution is 2.37. The van der Waals surface area contributed by atoms with Crippen molar-refractivity contribution < 1.29 is 73.4 Å². The van der Waals surface area contributed by atoms with Crippen molar-refractivity contribution in [2.45, 2.75) is 17.2 Å². The maximum absolute atomic E-state index is 12.9. The van der Waals surface area contributed by atoms with E-state index in [1.807, 2.05) is 0 Å². The van der Waals surface area contributed by atoms with Gasteiger partial charge in [0, 0.05) is 61.4 Å². The van der Waals surface area contributed by atoms with Gasteiger partial charge in [0.05, 0.1) is 26.1 Å². The van der Waals surface area contributed by atoms with Crippen molar-refractivity contribution in [3.63, 3.8) is 0 Å². The van der Waals surface area contributed by atoms with Gasteiger partial charge < -0.3 is 46.9 Å². The summed E-state index contributed by atoms with van der Waals surface area (Å²) in [5.74, 6) is 0.920. The Morgan fingerprint density at radius 3 is 1.17 bits per heavy atom. The molecule has 0 aliphatic carbocycles. The van der Waals surface area contributed by atoms with E-state index < -0.39 is 55.7 Å². The maximum atomic E-state index is 12.9. The van der Waals surface area contributed by atoms with Crippen molar-refractivity contribution >= 4 is 79.9 Å². The van der Waals surface area contributed by atoms with E-state index in [0.29, 0.717) is 34.4 Å². The molecule has 0 fully saturated rings. The van der Waals surface area contributed by atoms with Gasteiger partial charge in [-0.25, -0.2) is 9.59 Å². The predicted octanol–water partition coefficient (Wildman–Crippen LogP) is 11.2. The van der Waals surface area contributed by atoms with Crippen molar-refractivity contribution in [3.05, 3.63) is 184 Å². The summed E-state index contributed by atoms with van der Waals surface area (Å²) >= 11 is 11.1. The van der Waals surface area contributed by atoms with Crippen LogP contribution in [0.4, 0.5) is 58.7 Å². The molecule has 0 aliphatic heterocycles. The molecular formula is C48H40Cl2F6N8O10S. The van der Waals surface area contributed by atoms with Gasteiger partial charge in [-0.1, -0.05) is 41.4 Å². The van der Waals surface area contributed by atoms with Crippen LogP contribution >= 0.6 is 23.2 Å². The fourth-order valence-electron chi connectivity index (χ4n) is 5.76. The number of urea groups is 2. The molecule has 6 amide bonds. The molecular weight excluding hydrogens is 1070 g/mol. The molecule has 0 saturated carbocycles. The summed E-state index contributed by atoms with van der Waals surface area (Å²) in [7, 11) is -1.03. The Balaban J connectivity index is 0.000000271. The molecule has 18 nitrogen and oxygen atoms in total. The first-order chi connectivity index (χ1) is 34.9. The number of nitrogens with zero attached hydrogens (tertiary/aromatic N) is 2. The Morgan fingerprint density at radius 1 is 0.507 bits per heavy atom. The Labute approximate surface area is 432 Å². The molecule has 2 heterocycles. The molecule has 0 bridgehead atoms. The van der Waals surface area contributed by atoms with Crippen LogP contribution in [-0.2, 0) is 22.5 Å². The summed E-state index contributed by atoms with van der Waals surface area (Å²) in [5, 5.41) is 13.7. The fraction of sp³-hybridized carbons (Fsp3) is 0.0833. The lowest BCUT2D eigenvalue weighted by Gasteiger charge is -2.12. The van der Waals surface area contributed by atoms with Gasteiger partial charge in [0.25, 0.3) is 21.9 Å². The first-order valence-corrected chi connectivity index (χ1v) is 23.0. The second-order valence-corrected chi connectivity index (χ2v) is 16.7. The minimum atomic E-state index is -4.64. The lowest BCUT2D eigenvalue weighted by Crippen LogP contribution is -2.19. The molecule has 0 aliphatic rings. The van der Waals surface area contributed by atoms with Gasteiger partial charge in [-0.2, -0.15) is 34.8 Å². The molecule has 7 rings (SSSR count). The van der Waals surface area contributed by atoms with Crippen molar-refractivity contribution in [2.75, 3.05) is 35.4 Å². The molecule has 27 heteroatoms. The van der Waals surface area contributed by atoms with Crippen molar-refractivity contribution in [1.82, 2.24) is 20.6 Å². The van der Waals surface area contributed by atoms with Crippen LogP contribution < -0.4 is 41.4 Å². The number of nitrogens with one attached hydrogen (secondary N) is 6. The zero-order chi connectivity index (χ0) is 54.2. The topological polar surface area (TPSA) is 271 Å². The smallest absolute Gasteiger partial charge is 0.417 e. The van der Waals surface area contributed by atoms with Gasteiger partial charge in [0.2, 0.25) is 0 Å². The summed E-state index contributed by atoms with van der Waals surface area (Å²) in [6, 6.07) is 30.6. The third-order valence-electron chi connectivity index (χ3n) is 9.18. The number of benzene rings is 5. The SMILES string of the molecule is CNC(=O)c1cc(Oc2ccc(NC(=O)Nc3ccc(Cl)c(C(F)(F)F)c3)cc2)ccn1.CNC(=O)c1cc(Oc2ccc(NC(=O)Nc3ccc(Cl)c(C(F)(F)F)c3)cc2)ccn1.O.O=S(=O)(O)c1ccccc1. The second kappa shape index (κ2) is 26.5. The number of alkyl halides is 6. The Kier molecular flexibility index (Phi) is 20.8. The van der Waals surface area contributed by atoms with Crippen molar-refractivity contribution in [2.24, 2.45) is 0 Å². The standard InChI is InChI=1S/2C21H16ClF3N4O3.C6H6O3S.H2O/c2*1-26-19(30)18-11-15(8-9-27-18)32-14-5-2-12(3-6-14)28-20(31)29-13-4-7-17(22)16(10-13)21(23,24)25;7-10(8,9)6-4-2-1-3-5-6;/h2*2-11H,1H3,(H,26,30)(H2,28,29,31);1-5H,(H,7,8,9);1H2. The molecule has 0 atom stereocenters. The van der Waals surface area contributed by atoms with Crippen LogP contribution in [0.25, 0.3) is 0 Å². The summed E-state index contributed by atoms with van der Waals surface area (Å²) in [6.45, 7) is 0. The average Bonchev–Trinajstić information content (AvgIpc) is 3.35. The van der Waals surface area contributed by atoms with Crippen LogP contribution in [0, 0.1) is 0 Å². The lowest BCUT2D eigenvalue weighted by molar-refractivity contribution is -0.138. The molecule has 7 aromatic rings. The van der Waals surface area contributed by atoms with E-state index in [0.717, 1.165) is 24.3 Å². The number of hydrogen-bond acceptors (Lipinski definition) is 10. The van der Waals surface area contributed by atoms with Crippen LogP contribution in [0.15, 0.2) is 157 Å². The predicted molar refractivity (Wildman–Crippen MR) is 266 cm³/mol. The molecule has 0 saturated heterocycles. The van der Waals surface area contributed by atoms with Gasteiger partial charge >= 0.3 is 24.4 Å². The molecule has 0 radical (unpaired) electrons. The van der Waals surface area contributed by atoms with Crippen LogP contribution in [0.2, 0.25) is 10.0 Å². The van der Waals surface area contributed by atoms with Gasteiger partial charge in [-0.3, -0.25) is 24.1 Å².